The fourth-order valence-corrected chi connectivity index (χ4v) is 7.30. The van der Waals surface area contributed by atoms with Gasteiger partial charge in [-0.2, -0.15) is 0 Å². The van der Waals surface area contributed by atoms with Gasteiger partial charge in [0.05, 0.1) is 17.9 Å². The Morgan fingerprint density at radius 2 is 1.84 bits per heavy atom. The lowest BCUT2D eigenvalue weighted by atomic mass is 9.70. The SMILES string of the molecule is Cc1ccc(C)c(NC(=O)C2N(CCCCCO)C(=O)[C@@H]3[C@H](C(=O)Nc4ccccc4)[C@H]4OC23CC4Br)c1. The number of hydrogen-bond donors (Lipinski definition) is 3. The molecular weight excluding hydrogens is 550 g/mol. The van der Waals surface area contributed by atoms with Crippen molar-refractivity contribution in [1.82, 2.24) is 4.90 Å². The van der Waals surface area contributed by atoms with E-state index >= 15 is 0 Å². The third-order valence-electron chi connectivity index (χ3n) is 8.09. The summed E-state index contributed by atoms with van der Waals surface area (Å²) in [5, 5.41) is 15.2. The van der Waals surface area contributed by atoms with Gasteiger partial charge in [-0.1, -0.05) is 46.3 Å². The number of aryl methyl sites for hydroxylation is 2. The summed E-state index contributed by atoms with van der Waals surface area (Å²) in [6, 6.07) is 14.1. The van der Waals surface area contributed by atoms with Gasteiger partial charge >= 0.3 is 0 Å². The van der Waals surface area contributed by atoms with Gasteiger partial charge in [0, 0.05) is 29.4 Å². The van der Waals surface area contributed by atoms with Crippen molar-refractivity contribution >= 4 is 45.0 Å². The van der Waals surface area contributed by atoms with Crippen molar-refractivity contribution < 1.29 is 24.2 Å². The van der Waals surface area contributed by atoms with Gasteiger partial charge in [0.1, 0.15) is 11.6 Å². The summed E-state index contributed by atoms with van der Waals surface area (Å²) in [5.41, 5.74) is 2.18. The maximum absolute atomic E-state index is 14.0. The number of amides is 3. The lowest BCUT2D eigenvalue weighted by Crippen LogP contribution is -2.54. The molecule has 2 aromatic carbocycles. The van der Waals surface area contributed by atoms with Gasteiger partial charge in [0.15, 0.2) is 0 Å². The number of carbonyl (C=O) groups excluding carboxylic acids is 3. The molecule has 1 spiro atoms. The van der Waals surface area contributed by atoms with Crippen LogP contribution in [0.5, 0.6) is 0 Å². The van der Waals surface area contributed by atoms with Crippen LogP contribution in [-0.4, -0.2) is 63.5 Å². The number of hydrogen-bond acceptors (Lipinski definition) is 5. The molecule has 0 aromatic heterocycles. The second-order valence-corrected chi connectivity index (χ2v) is 11.8. The normalized spacial score (nSPS) is 29.4. The number of nitrogens with zero attached hydrogens (tertiary/aromatic N) is 1. The maximum Gasteiger partial charge on any atom is 0.250 e. The van der Waals surface area contributed by atoms with Crippen LogP contribution in [0.25, 0.3) is 0 Å². The molecule has 3 aliphatic heterocycles. The monoisotopic (exact) mass is 583 g/mol. The highest BCUT2D eigenvalue weighted by Crippen LogP contribution is 2.60. The standard InChI is InChI=1S/C29H34BrN3O5/c1-17-11-12-18(2)21(15-17)32-27(36)25-29-16-20(30)24(38-29)22(26(35)31-19-9-5-3-6-10-19)23(29)28(37)33(25)13-7-4-8-14-34/h3,5-6,9-12,15,20,22-25,34H,4,7-8,13-14,16H2,1-2H3,(H,31,35)(H,32,36)/t20?,22-,23-,24-,25?,29?/m0/s1. The number of aliphatic hydroxyl groups is 1. The van der Waals surface area contributed by atoms with E-state index in [1.165, 1.54) is 0 Å². The van der Waals surface area contributed by atoms with Gasteiger partial charge in [0.2, 0.25) is 17.7 Å². The largest absolute Gasteiger partial charge is 0.396 e. The molecule has 3 fully saturated rings. The number of aliphatic hydroxyl groups excluding tert-OH is 1. The molecule has 38 heavy (non-hydrogen) atoms. The molecule has 8 nitrogen and oxygen atoms in total. The van der Waals surface area contributed by atoms with Gasteiger partial charge in [-0.25, -0.2) is 0 Å². The highest BCUT2D eigenvalue weighted by molar-refractivity contribution is 9.09. The summed E-state index contributed by atoms with van der Waals surface area (Å²) in [4.78, 5) is 43.0. The van der Waals surface area contributed by atoms with Crippen LogP contribution in [0.15, 0.2) is 48.5 Å². The average molecular weight is 585 g/mol. The van der Waals surface area contributed by atoms with Crippen LogP contribution in [0.3, 0.4) is 0 Å². The summed E-state index contributed by atoms with van der Waals surface area (Å²) >= 11 is 3.70. The molecule has 0 saturated carbocycles. The molecule has 3 heterocycles. The van der Waals surface area contributed by atoms with Gasteiger partial charge < -0.3 is 25.4 Å². The van der Waals surface area contributed by atoms with E-state index in [1.54, 1.807) is 17.0 Å². The first-order valence-electron chi connectivity index (χ1n) is 13.2. The second kappa shape index (κ2) is 10.8. The van der Waals surface area contributed by atoms with Crippen LogP contribution in [0.2, 0.25) is 0 Å². The average Bonchev–Trinajstić information content (AvgIpc) is 3.48. The van der Waals surface area contributed by atoms with Crippen LogP contribution in [0.4, 0.5) is 11.4 Å². The number of ether oxygens (including phenoxy) is 1. The number of carbonyl (C=O) groups is 3. The first-order valence-corrected chi connectivity index (χ1v) is 14.2. The Bertz CT molecular complexity index is 1220. The van der Waals surface area contributed by atoms with Crippen molar-refractivity contribution in [1.29, 1.82) is 0 Å². The number of rotatable bonds is 9. The summed E-state index contributed by atoms with van der Waals surface area (Å²) < 4.78 is 6.55. The first kappa shape index (κ1) is 26.8. The Balaban J connectivity index is 1.48. The minimum Gasteiger partial charge on any atom is -0.396 e. The van der Waals surface area contributed by atoms with E-state index in [9.17, 15) is 19.5 Å². The highest BCUT2D eigenvalue weighted by Gasteiger charge is 2.76. The summed E-state index contributed by atoms with van der Waals surface area (Å²) in [7, 11) is 0. The molecule has 2 bridgehead atoms. The molecule has 0 aliphatic carbocycles. The molecule has 3 saturated heterocycles. The first-order chi connectivity index (χ1) is 18.3. The second-order valence-electron chi connectivity index (χ2n) is 10.6. The molecule has 9 heteroatoms. The lowest BCUT2D eigenvalue weighted by Gasteiger charge is -2.34. The maximum atomic E-state index is 14.0. The number of halogens is 1. The molecule has 2 aromatic rings. The van der Waals surface area contributed by atoms with Crippen LogP contribution >= 0.6 is 15.9 Å². The van der Waals surface area contributed by atoms with E-state index in [4.69, 9.17) is 4.74 Å². The fraction of sp³-hybridized carbons (Fsp3) is 0.483. The zero-order valence-electron chi connectivity index (χ0n) is 21.7. The third-order valence-corrected chi connectivity index (χ3v) is 8.93. The van der Waals surface area contributed by atoms with E-state index in [2.05, 4.69) is 26.6 Å². The molecule has 6 atom stereocenters. The molecule has 3 amide bonds. The Kier molecular flexibility index (Phi) is 7.62. The van der Waals surface area contributed by atoms with Crippen molar-refractivity contribution in [3.05, 3.63) is 59.7 Å². The molecule has 3 unspecified atom stereocenters. The minimum absolute atomic E-state index is 0.0782. The van der Waals surface area contributed by atoms with E-state index in [-0.39, 0.29) is 29.2 Å². The van der Waals surface area contributed by atoms with Crippen LogP contribution in [0, 0.1) is 25.7 Å². The number of nitrogens with one attached hydrogen (secondary N) is 2. The van der Waals surface area contributed by atoms with E-state index in [1.807, 2.05) is 50.2 Å². The van der Waals surface area contributed by atoms with E-state index in [0.717, 1.165) is 17.5 Å². The van der Waals surface area contributed by atoms with Gasteiger partial charge in [0.25, 0.3) is 0 Å². The minimum atomic E-state index is -1.10. The Morgan fingerprint density at radius 3 is 2.58 bits per heavy atom. The Labute approximate surface area is 231 Å². The van der Waals surface area contributed by atoms with E-state index < -0.39 is 29.6 Å². The quantitative estimate of drug-likeness (QED) is 0.307. The zero-order valence-corrected chi connectivity index (χ0v) is 23.2. The number of benzene rings is 2. The topological polar surface area (TPSA) is 108 Å². The number of alkyl halides is 1. The number of fused-ring (bicyclic) bond motifs is 1. The predicted molar refractivity (Wildman–Crippen MR) is 148 cm³/mol. The number of likely N-dealkylation sites (tertiary alicyclic amines) is 1. The molecule has 5 rings (SSSR count). The smallest absolute Gasteiger partial charge is 0.250 e. The number of para-hydroxylation sites is 1. The lowest BCUT2D eigenvalue weighted by molar-refractivity contribution is -0.139. The van der Waals surface area contributed by atoms with Crippen molar-refractivity contribution in [2.45, 2.75) is 62.1 Å². The Hall–Kier alpha value is -2.75. The van der Waals surface area contributed by atoms with Crippen LogP contribution in [0.1, 0.15) is 36.8 Å². The fourth-order valence-electron chi connectivity index (χ4n) is 6.36. The predicted octanol–water partition coefficient (Wildman–Crippen LogP) is 3.79. The summed E-state index contributed by atoms with van der Waals surface area (Å²) in [5.74, 6) is -2.27. The molecule has 202 valence electrons. The number of unbranched alkanes of at least 4 members (excludes halogenated alkanes) is 2. The van der Waals surface area contributed by atoms with Crippen LogP contribution in [-0.2, 0) is 19.1 Å². The molecule has 3 aliphatic rings. The third kappa shape index (κ3) is 4.65. The molecule has 0 radical (unpaired) electrons. The van der Waals surface area contributed by atoms with Crippen LogP contribution < -0.4 is 10.6 Å². The molecule has 3 N–H and O–H groups in total. The van der Waals surface area contributed by atoms with Crippen molar-refractivity contribution in [3.63, 3.8) is 0 Å². The number of anilines is 2. The van der Waals surface area contributed by atoms with Gasteiger partial charge in [-0.3, -0.25) is 14.4 Å². The van der Waals surface area contributed by atoms with E-state index in [0.29, 0.717) is 37.2 Å². The zero-order chi connectivity index (χ0) is 27.0. The van der Waals surface area contributed by atoms with Crippen molar-refractivity contribution in [2.75, 3.05) is 23.8 Å². The van der Waals surface area contributed by atoms with Gasteiger partial charge in [-0.05, 0) is 68.9 Å². The highest BCUT2D eigenvalue weighted by atomic mass is 79.9. The molecular formula is C29H34BrN3O5. The van der Waals surface area contributed by atoms with Crippen molar-refractivity contribution in [2.24, 2.45) is 11.8 Å². The van der Waals surface area contributed by atoms with Gasteiger partial charge in [-0.15, -0.1) is 0 Å². The van der Waals surface area contributed by atoms with Crippen molar-refractivity contribution in [3.8, 4) is 0 Å². The summed E-state index contributed by atoms with van der Waals surface area (Å²) in [6.45, 7) is 4.33. The summed E-state index contributed by atoms with van der Waals surface area (Å²) in [6.07, 6.45) is 1.94. The Morgan fingerprint density at radius 1 is 1.08 bits per heavy atom.